The van der Waals surface area contributed by atoms with Crippen molar-refractivity contribution < 1.29 is 4.39 Å². The Morgan fingerprint density at radius 2 is 1.89 bits per heavy atom. The summed E-state index contributed by atoms with van der Waals surface area (Å²) in [6, 6.07) is 13.1. The van der Waals surface area contributed by atoms with Crippen LogP contribution >= 0.6 is 11.8 Å². The molecule has 0 spiro atoms. The largest absolute Gasteiger partial charge is 0.330 e. The second-order valence-corrected chi connectivity index (χ2v) is 5.24. The minimum atomic E-state index is -0.201. The Balaban J connectivity index is 2.31. The first-order chi connectivity index (χ1) is 8.70. The molecule has 94 valence electrons. The van der Waals surface area contributed by atoms with Gasteiger partial charge in [-0.15, -0.1) is 0 Å². The second kappa shape index (κ2) is 6.03. The Morgan fingerprint density at radius 3 is 2.61 bits per heavy atom. The minimum absolute atomic E-state index is 0.201. The quantitative estimate of drug-likeness (QED) is 0.906. The van der Waals surface area contributed by atoms with Crippen molar-refractivity contribution in [1.82, 2.24) is 0 Å². The summed E-state index contributed by atoms with van der Waals surface area (Å²) in [7, 11) is 0. The molecule has 18 heavy (non-hydrogen) atoms. The average molecular weight is 261 g/mol. The maximum absolute atomic E-state index is 13.2. The molecule has 0 saturated heterocycles. The van der Waals surface area contributed by atoms with Crippen LogP contribution in [0.15, 0.2) is 52.3 Å². The first-order valence-corrected chi connectivity index (χ1v) is 6.74. The second-order valence-electron chi connectivity index (χ2n) is 4.16. The van der Waals surface area contributed by atoms with Crippen LogP contribution in [0.5, 0.6) is 0 Å². The summed E-state index contributed by atoms with van der Waals surface area (Å²) >= 11 is 1.67. The third kappa shape index (κ3) is 3.12. The van der Waals surface area contributed by atoms with Crippen LogP contribution in [0.2, 0.25) is 0 Å². The van der Waals surface area contributed by atoms with Gasteiger partial charge in [0.15, 0.2) is 0 Å². The number of halogens is 1. The van der Waals surface area contributed by atoms with Gasteiger partial charge in [0.1, 0.15) is 5.82 Å². The van der Waals surface area contributed by atoms with Gasteiger partial charge in [-0.25, -0.2) is 4.39 Å². The number of aryl methyl sites for hydroxylation is 1. The fourth-order valence-corrected chi connectivity index (χ4v) is 2.83. The van der Waals surface area contributed by atoms with Gasteiger partial charge in [-0.1, -0.05) is 30.0 Å². The summed E-state index contributed by atoms with van der Waals surface area (Å²) in [6.07, 6.45) is 0.700. The van der Waals surface area contributed by atoms with E-state index >= 15 is 0 Å². The molecular weight excluding hydrogens is 245 g/mol. The van der Waals surface area contributed by atoms with Gasteiger partial charge in [0, 0.05) is 9.79 Å². The van der Waals surface area contributed by atoms with Gasteiger partial charge in [0.05, 0.1) is 0 Å². The highest BCUT2D eigenvalue weighted by Crippen LogP contribution is 2.32. The molecule has 0 saturated carbocycles. The van der Waals surface area contributed by atoms with Crippen molar-refractivity contribution in [2.75, 3.05) is 6.54 Å². The molecule has 0 atom stereocenters. The highest BCUT2D eigenvalue weighted by molar-refractivity contribution is 7.99. The monoisotopic (exact) mass is 261 g/mol. The highest BCUT2D eigenvalue weighted by atomic mass is 32.2. The minimum Gasteiger partial charge on any atom is -0.330 e. The summed E-state index contributed by atoms with van der Waals surface area (Å²) in [5, 5.41) is 0. The van der Waals surface area contributed by atoms with Crippen molar-refractivity contribution >= 4 is 11.8 Å². The maximum atomic E-state index is 13.2. The van der Waals surface area contributed by atoms with E-state index < -0.39 is 0 Å². The van der Waals surface area contributed by atoms with Crippen LogP contribution < -0.4 is 5.73 Å². The standard InChI is InChI=1S/C15H16FNS/c1-11-4-2-3-5-14(11)18-15-7-6-13(16)10-12(15)8-9-17/h2-7,10H,8-9,17H2,1H3. The van der Waals surface area contributed by atoms with Crippen molar-refractivity contribution in [2.45, 2.75) is 23.1 Å². The number of hydrogen-bond donors (Lipinski definition) is 1. The molecule has 3 heteroatoms. The van der Waals surface area contributed by atoms with E-state index in [1.54, 1.807) is 17.8 Å². The third-order valence-corrected chi connectivity index (χ3v) is 4.05. The maximum Gasteiger partial charge on any atom is 0.123 e. The zero-order valence-corrected chi connectivity index (χ0v) is 11.1. The Labute approximate surface area is 111 Å². The molecule has 0 radical (unpaired) electrons. The van der Waals surface area contributed by atoms with Crippen molar-refractivity contribution in [3.05, 3.63) is 59.4 Å². The zero-order valence-electron chi connectivity index (χ0n) is 10.3. The Kier molecular flexibility index (Phi) is 4.39. The van der Waals surface area contributed by atoms with Crippen LogP contribution in [0.1, 0.15) is 11.1 Å². The summed E-state index contributed by atoms with van der Waals surface area (Å²) in [5.41, 5.74) is 7.78. The molecule has 0 aliphatic rings. The van der Waals surface area contributed by atoms with Crippen molar-refractivity contribution in [1.29, 1.82) is 0 Å². The lowest BCUT2D eigenvalue weighted by Gasteiger charge is -2.10. The summed E-state index contributed by atoms with van der Waals surface area (Å²) < 4.78 is 13.2. The number of benzene rings is 2. The molecule has 0 bridgehead atoms. The number of nitrogens with two attached hydrogens (primary N) is 1. The molecule has 0 unspecified atom stereocenters. The SMILES string of the molecule is Cc1ccccc1Sc1ccc(F)cc1CCN. The summed E-state index contributed by atoms with van der Waals surface area (Å²) in [6.45, 7) is 2.61. The van der Waals surface area contributed by atoms with Crippen molar-refractivity contribution in [3.8, 4) is 0 Å². The van der Waals surface area contributed by atoms with E-state index in [1.807, 2.05) is 18.2 Å². The lowest BCUT2D eigenvalue weighted by atomic mass is 10.1. The smallest absolute Gasteiger partial charge is 0.123 e. The van der Waals surface area contributed by atoms with Crippen LogP contribution in [0.25, 0.3) is 0 Å². The Morgan fingerprint density at radius 1 is 1.11 bits per heavy atom. The summed E-state index contributed by atoms with van der Waals surface area (Å²) in [5.74, 6) is -0.201. The van der Waals surface area contributed by atoms with Gasteiger partial charge in [0.25, 0.3) is 0 Å². The van der Waals surface area contributed by atoms with E-state index in [9.17, 15) is 4.39 Å². The lowest BCUT2D eigenvalue weighted by molar-refractivity contribution is 0.623. The van der Waals surface area contributed by atoms with Crippen LogP contribution in [-0.2, 0) is 6.42 Å². The highest BCUT2D eigenvalue weighted by Gasteiger charge is 2.07. The first-order valence-electron chi connectivity index (χ1n) is 5.92. The molecule has 2 rings (SSSR count). The van der Waals surface area contributed by atoms with E-state index in [1.165, 1.54) is 16.5 Å². The topological polar surface area (TPSA) is 26.0 Å². The molecule has 2 aromatic carbocycles. The molecule has 0 heterocycles. The number of hydrogen-bond acceptors (Lipinski definition) is 2. The molecular formula is C15H16FNS. The fraction of sp³-hybridized carbons (Fsp3) is 0.200. The first kappa shape index (κ1) is 13.1. The van der Waals surface area contributed by atoms with Crippen LogP contribution in [-0.4, -0.2) is 6.54 Å². The average Bonchev–Trinajstić information content (AvgIpc) is 2.35. The molecule has 0 aromatic heterocycles. The van der Waals surface area contributed by atoms with E-state index in [-0.39, 0.29) is 5.82 Å². The predicted molar refractivity (Wildman–Crippen MR) is 74.5 cm³/mol. The van der Waals surface area contributed by atoms with E-state index in [4.69, 9.17) is 5.73 Å². The van der Waals surface area contributed by atoms with Gasteiger partial charge in [-0.2, -0.15) is 0 Å². The van der Waals surface area contributed by atoms with E-state index in [0.29, 0.717) is 13.0 Å². The van der Waals surface area contributed by atoms with Crippen LogP contribution in [0.3, 0.4) is 0 Å². The summed E-state index contributed by atoms with van der Waals surface area (Å²) in [4.78, 5) is 2.28. The number of rotatable bonds is 4. The Bertz CT molecular complexity index is 540. The van der Waals surface area contributed by atoms with Crippen LogP contribution in [0.4, 0.5) is 4.39 Å². The zero-order chi connectivity index (χ0) is 13.0. The molecule has 0 amide bonds. The van der Waals surface area contributed by atoms with Crippen molar-refractivity contribution in [2.24, 2.45) is 5.73 Å². The molecule has 0 aliphatic heterocycles. The molecule has 2 aromatic rings. The molecule has 2 N–H and O–H groups in total. The van der Waals surface area contributed by atoms with Gasteiger partial charge >= 0.3 is 0 Å². The van der Waals surface area contributed by atoms with Crippen molar-refractivity contribution in [3.63, 3.8) is 0 Å². The molecule has 1 nitrogen and oxygen atoms in total. The Hall–Kier alpha value is -1.32. The van der Waals surface area contributed by atoms with E-state index in [2.05, 4.69) is 19.1 Å². The molecule has 0 aliphatic carbocycles. The fourth-order valence-electron chi connectivity index (χ4n) is 1.79. The van der Waals surface area contributed by atoms with Gasteiger partial charge in [-0.3, -0.25) is 0 Å². The predicted octanol–water partition coefficient (Wildman–Crippen LogP) is 3.79. The van der Waals surface area contributed by atoms with Crippen LogP contribution in [0, 0.1) is 12.7 Å². The normalized spacial score (nSPS) is 10.6. The van der Waals surface area contributed by atoms with Gasteiger partial charge in [-0.05, 0) is 55.3 Å². The van der Waals surface area contributed by atoms with Gasteiger partial charge in [0.2, 0.25) is 0 Å². The van der Waals surface area contributed by atoms with E-state index in [0.717, 1.165) is 10.5 Å². The third-order valence-electron chi connectivity index (χ3n) is 2.75. The van der Waals surface area contributed by atoms with Gasteiger partial charge < -0.3 is 5.73 Å². The molecule has 0 fully saturated rings. The lowest BCUT2D eigenvalue weighted by Crippen LogP contribution is -2.04.